The normalized spacial score (nSPS) is 23.8. The summed E-state index contributed by atoms with van der Waals surface area (Å²) in [5, 5.41) is 1.12. The van der Waals surface area contributed by atoms with Gasteiger partial charge in [-0.2, -0.15) is 0 Å². The predicted molar refractivity (Wildman–Crippen MR) is 98.1 cm³/mol. The molecule has 0 amide bonds. The summed E-state index contributed by atoms with van der Waals surface area (Å²) >= 11 is 0. The minimum Gasteiger partial charge on any atom is -0.322 e. The Balaban J connectivity index is 1.66. The maximum Gasteiger partial charge on any atom is 0.206 e. The molecular weight excluding hydrogens is 315 g/mol. The molecule has 1 aliphatic heterocycles. The number of rotatable bonds is 3. The topological polar surface area (TPSA) is 18.5 Å². The molecule has 1 saturated heterocycles. The van der Waals surface area contributed by atoms with Gasteiger partial charge in [0.1, 0.15) is 0 Å². The van der Waals surface area contributed by atoms with Gasteiger partial charge < -0.3 is 9.05 Å². The van der Waals surface area contributed by atoms with Crippen molar-refractivity contribution in [3.63, 3.8) is 0 Å². The van der Waals surface area contributed by atoms with Crippen molar-refractivity contribution in [3.05, 3.63) is 102 Å². The van der Waals surface area contributed by atoms with Crippen LogP contribution in [0.1, 0.15) is 29.8 Å². The maximum atomic E-state index is 6.35. The van der Waals surface area contributed by atoms with Crippen LogP contribution in [-0.4, -0.2) is 0 Å². The second kappa shape index (κ2) is 7.27. The fourth-order valence-electron chi connectivity index (χ4n) is 2.94. The molecule has 3 aromatic carbocycles. The zero-order valence-electron chi connectivity index (χ0n) is 13.3. The van der Waals surface area contributed by atoms with Crippen LogP contribution in [-0.2, 0) is 9.05 Å². The minimum atomic E-state index is -1.09. The molecule has 2 unspecified atom stereocenters. The molecule has 1 heterocycles. The van der Waals surface area contributed by atoms with E-state index in [0.29, 0.717) is 0 Å². The molecule has 2 atom stereocenters. The monoisotopic (exact) mass is 334 g/mol. The third-order valence-corrected chi connectivity index (χ3v) is 5.80. The molecule has 4 rings (SSSR count). The summed E-state index contributed by atoms with van der Waals surface area (Å²) in [7, 11) is -1.09. The van der Waals surface area contributed by atoms with Gasteiger partial charge in [-0.1, -0.05) is 78.9 Å². The number of hydrogen-bond donors (Lipinski definition) is 0. The van der Waals surface area contributed by atoms with Gasteiger partial charge >= 0.3 is 0 Å². The van der Waals surface area contributed by atoms with E-state index in [0.717, 1.165) is 11.7 Å². The smallest absolute Gasteiger partial charge is 0.206 e. The lowest BCUT2D eigenvalue weighted by atomic mass is 9.99. The minimum absolute atomic E-state index is 0.0523. The zero-order chi connectivity index (χ0) is 16.2. The highest BCUT2D eigenvalue weighted by Gasteiger charge is 2.33. The molecule has 0 bridgehead atoms. The number of hydrogen-bond acceptors (Lipinski definition) is 2. The van der Waals surface area contributed by atoms with E-state index in [2.05, 4.69) is 60.7 Å². The first kappa shape index (κ1) is 15.5. The lowest BCUT2D eigenvalue weighted by molar-refractivity contribution is 0.0567. The Hall–Kier alpha value is -1.99. The largest absolute Gasteiger partial charge is 0.322 e. The van der Waals surface area contributed by atoms with Crippen LogP contribution in [0.25, 0.3) is 0 Å². The van der Waals surface area contributed by atoms with Crippen LogP contribution in [0.4, 0.5) is 0 Å². The Labute approximate surface area is 144 Å². The van der Waals surface area contributed by atoms with Gasteiger partial charge in [0.2, 0.25) is 8.38 Å². The highest BCUT2D eigenvalue weighted by Crippen LogP contribution is 2.54. The molecule has 120 valence electrons. The summed E-state index contributed by atoms with van der Waals surface area (Å²) < 4.78 is 12.7. The molecule has 1 aliphatic rings. The van der Waals surface area contributed by atoms with E-state index in [1.165, 1.54) is 11.1 Å². The molecule has 3 aromatic rings. The van der Waals surface area contributed by atoms with E-state index in [4.69, 9.17) is 9.05 Å². The van der Waals surface area contributed by atoms with Gasteiger partial charge in [-0.3, -0.25) is 0 Å². The van der Waals surface area contributed by atoms with E-state index < -0.39 is 8.38 Å². The van der Waals surface area contributed by atoms with E-state index in [9.17, 15) is 0 Å². The molecule has 3 heteroatoms. The van der Waals surface area contributed by atoms with E-state index in [1.807, 2.05) is 30.3 Å². The first-order valence-electron chi connectivity index (χ1n) is 8.19. The second-order valence-electron chi connectivity index (χ2n) is 5.84. The molecule has 24 heavy (non-hydrogen) atoms. The van der Waals surface area contributed by atoms with Crippen LogP contribution in [0, 0.1) is 0 Å². The molecule has 0 aliphatic carbocycles. The van der Waals surface area contributed by atoms with Crippen LogP contribution >= 0.6 is 8.38 Å². The second-order valence-corrected chi connectivity index (χ2v) is 7.29. The van der Waals surface area contributed by atoms with Gasteiger partial charge in [0.25, 0.3) is 0 Å². The average Bonchev–Trinajstić information content (AvgIpc) is 2.70. The highest BCUT2D eigenvalue weighted by molar-refractivity contribution is 7.56. The standard InChI is InChI=1S/C21H19O2P/c1-4-10-17(11-5-1)20-16-21(18-12-6-2-7-13-18)23-24(22-20)19-14-8-3-9-15-19/h1-15,20-21H,16H2. The van der Waals surface area contributed by atoms with Crippen molar-refractivity contribution in [2.75, 3.05) is 0 Å². The molecule has 0 radical (unpaired) electrons. The van der Waals surface area contributed by atoms with Gasteiger partial charge in [-0.05, 0) is 23.3 Å². The predicted octanol–water partition coefficient (Wildman–Crippen LogP) is 5.54. The molecule has 2 nitrogen and oxygen atoms in total. The van der Waals surface area contributed by atoms with Gasteiger partial charge in [0, 0.05) is 11.7 Å². The summed E-state index contributed by atoms with van der Waals surface area (Å²) in [4.78, 5) is 0. The van der Waals surface area contributed by atoms with Crippen LogP contribution in [0.2, 0.25) is 0 Å². The fourth-order valence-corrected chi connectivity index (χ4v) is 4.52. The van der Waals surface area contributed by atoms with Crippen molar-refractivity contribution in [1.82, 2.24) is 0 Å². The Bertz CT molecular complexity index is 647. The van der Waals surface area contributed by atoms with Gasteiger partial charge in [-0.25, -0.2) is 0 Å². The Kier molecular flexibility index (Phi) is 4.71. The van der Waals surface area contributed by atoms with Crippen LogP contribution in [0.15, 0.2) is 91.0 Å². The Morgan fingerprint density at radius 3 is 1.46 bits per heavy atom. The SMILES string of the molecule is c1ccc(C2CC(c3ccccc3)OP(c3ccccc3)O2)cc1. The van der Waals surface area contributed by atoms with Gasteiger partial charge in [-0.15, -0.1) is 0 Å². The Morgan fingerprint density at radius 2 is 1.00 bits per heavy atom. The summed E-state index contributed by atoms with van der Waals surface area (Å²) in [5.41, 5.74) is 2.43. The zero-order valence-corrected chi connectivity index (χ0v) is 14.2. The number of benzene rings is 3. The van der Waals surface area contributed by atoms with Crippen molar-refractivity contribution in [3.8, 4) is 0 Å². The van der Waals surface area contributed by atoms with Crippen LogP contribution in [0.5, 0.6) is 0 Å². The van der Waals surface area contributed by atoms with E-state index in [1.54, 1.807) is 0 Å². The lowest BCUT2D eigenvalue weighted by Gasteiger charge is -2.35. The van der Waals surface area contributed by atoms with Gasteiger partial charge in [0.05, 0.1) is 12.2 Å². The quantitative estimate of drug-likeness (QED) is 0.585. The molecular formula is C21H19O2P. The summed E-state index contributed by atoms with van der Waals surface area (Å²) in [6.45, 7) is 0. The van der Waals surface area contributed by atoms with Crippen molar-refractivity contribution in [2.45, 2.75) is 18.6 Å². The first-order valence-corrected chi connectivity index (χ1v) is 9.36. The van der Waals surface area contributed by atoms with Crippen molar-refractivity contribution in [1.29, 1.82) is 0 Å². The third kappa shape index (κ3) is 3.42. The lowest BCUT2D eigenvalue weighted by Crippen LogP contribution is -2.20. The van der Waals surface area contributed by atoms with E-state index >= 15 is 0 Å². The molecule has 0 spiro atoms. The fraction of sp³-hybridized carbons (Fsp3) is 0.143. The summed E-state index contributed by atoms with van der Waals surface area (Å²) in [6.07, 6.45) is 0.938. The van der Waals surface area contributed by atoms with Crippen LogP contribution in [0.3, 0.4) is 0 Å². The third-order valence-electron chi connectivity index (χ3n) is 4.18. The van der Waals surface area contributed by atoms with Crippen molar-refractivity contribution >= 4 is 13.7 Å². The molecule has 1 fully saturated rings. The highest BCUT2D eigenvalue weighted by atomic mass is 31.2. The molecule has 0 N–H and O–H groups in total. The first-order chi connectivity index (χ1) is 11.9. The summed E-state index contributed by atoms with van der Waals surface area (Å²) in [5.74, 6) is 0. The molecule has 0 aromatic heterocycles. The average molecular weight is 334 g/mol. The van der Waals surface area contributed by atoms with Crippen molar-refractivity contribution < 1.29 is 9.05 Å². The maximum absolute atomic E-state index is 6.35. The van der Waals surface area contributed by atoms with Crippen molar-refractivity contribution in [2.24, 2.45) is 0 Å². The van der Waals surface area contributed by atoms with E-state index in [-0.39, 0.29) is 12.2 Å². The molecule has 0 saturated carbocycles. The van der Waals surface area contributed by atoms with Gasteiger partial charge in [0.15, 0.2) is 0 Å². The Morgan fingerprint density at radius 1 is 0.583 bits per heavy atom. The summed E-state index contributed by atoms with van der Waals surface area (Å²) in [6, 6.07) is 31.1. The van der Waals surface area contributed by atoms with Crippen LogP contribution < -0.4 is 5.30 Å².